The molecule has 0 spiro atoms. The van der Waals surface area contributed by atoms with E-state index in [4.69, 9.17) is 9.47 Å². The first-order valence-corrected chi connectivity index (χ1v) is 17.9. The summed E-state index contributed by atoms with van der Waals surface area (Å²) in [5.41, 5.74) is 2.18. The summed E-state index contributed by atoms with van der Waals surface area (Å²) in [6, 6.07) is 16.2. The zero-order chi connectivity index (χ0) is 36.7. The Morgan fingerprint density at radius 3 is 2.45 bits per heavy atom. The van der Waals surface area contributed by atoms with Gasteiger partial charge in [0.1, 0.15) is 34.5 Å². The predicted octanol–water partition coefficient (Wildman–Crippen LogP) is 4.38. The molecule has 0 radical (unpaired) electrons. The molecular formula is C38H46FN5O6S. The molecule has 0 bridgehead atoms. The second-order valence-corrected chi connectivity index (χ2v) is 14.2. The first-order valence-electron chi connectivity index (χ1n) is 17.1. The summed E-state index contributed by atoms with van der Waals surface area (Å²) in [4.78, 5) is 47.8. The molecule has 3 aromatic carbocycles. The molecule has 51 heavy (non-hydrogen) atoms. The number of nitrogens with zero attached hydrogens (tertiary/aromatic N) is 2. The number of likely N-dealkylation sites (tertiary alicyclic amines) is 1. The van der Waals surface area contributed by atoms with Crippen LogP contribution in [0.1, 0.15) is 48.9 Å². The van der Waals surface area contributed by atoms with Crippen LogP contribution in [-0.2, 0) is 27.3 Å². The number of hydrogen-bond acceptors (Lipinski definition) is 9. The minimum Gasteiger partial charge on any atom is -0.497 e. The Balaban J connectivity index is 1.40. The van der Waals surface area contributed by atoms with Crippen molar-refractivity contribution in [3.63, 3.8) is 0 Å². The van der Waals surface area contributed by atoms with Crippen molar-refractivity contribution < 1.29 is 33.4 Å². The van der Waals surface area contributed by atoms with Gasteiger partial charge in [-0.3, -0.25) is 14.4 Å². The fraction of sp³-hybridized carbons (Fsp3) is 0.421. The number of para-hydroxylation sites is 1. The van der Waals surface area contributed by atoms with Gasteiger partial charge in [-0.15, -0.1) is 11.3 Å². The molecule has 3 amide bonds. The van der Waals surface area contributed by atoms with Gasteiger partial charge in [-0.1, -0.05) is 38.1 Å². The molecular weight excluding hydrogens is 674 g/mol. The molecule has 1 unspecified atom stereocenters. The molecule has 2 heterocycles. The van der Waals surface area contributed by atoms with Crippen LogP contribution in [0.2, 0.25) is 0 Å². The Morgan fingerprint density at radius 2 is 1.78 bits per heavy atom. The van der Waals surface area contributed by atoms with Gasteiger partial charge in [0.05, 0.1) is 36.5 Å². The van der Waals surface area contributed by atoms with Crippen LogP contribution in [0.3, 0.4) is 0 Å². The van der Waals surface area contributed by atoms with Gasteiger partial charge in [-0.05, 0) is 67.8 Å². The lowest BCUT2D eigenvalue weighted by Crippen LogP contribution is -2.56. The third-order valence-corrected chi connectivity index (χ3v) is 10.4. The topological polar surface area (TPSA) is 142 Å². The molecule has 4 aromatic rings. The van der Waals surface area contributed by atoms with E-state index >= 15 is 0 Å². The maximum atomic E-state index is 14.2. The van der Waals surface area contributed by atoms with Gasteiger partial charge in [-0.25, -0.2) is 9.37 Å². The fourth-order valence-corrected chi connectivity index (χ4v) is 7.53. The van der Waals surface area contributed by atoms with E-state index in [1.807, 2.05) is 50.2 Å². The highest BCUT2D eigenvalue weighted by Crippen LogP contribution is 2.34. The normalized spacial score (nSPS) is 16.9. The monoisotopic (exact) mass is 719 g/mol. The SMILES string of the molecule is CN[C@H](C(=O)N[C@@H](Cc1ccc(F)cc1)C(=O)N[C@@H](C[C@@H]1CCN(Cc2ccc(OC)cc2OC)C1=O)C(O)c1nc2ccccc2s1)C(C)C. The predicted molar refractivity (Wildman–Crippen MR) is 194 cm³/mol. The van der Waals surface area contributed by atoms with Crippen LogP contribution < -0.4 is 25.4 Å². The number of hydrogen-bond donors (Lipinski definition) is 4. The number of likely N-dealkylation sites (N-methyl/N-ethyl adjacent to an activating group) is 1. The van der Waals surface area contributed by atoms with Crippen molar-refractivity contribution in [2.24, 2.45) is 11.8 Å². The number of thiazole rings is 1. The number of ether oxygens (including phenoxy) is 2. The van der Waals surface area contributed by atoms with Crippen LogP contribution in [0, 0.1) is 17.7 Å². The number of fused-ring (bicyclic) bond motifs is 1. The first-order chi connectivity index (χ1) is 24.5. The summed E-state index contributed by atoms with van der Waals surface area (Å²) >= 11 is 1.32. The maximum absolute atomic E-state index is 14.2. The average Bonchev–Trinajstić information content (AvgIpc) is 3.71. The summed E-state index contributed by atoms with van der Waals surface area (Å²) < 4.78 is 25.5. The number of halogens is 1. The standard InChI is InChI=1S/C38H46FN5O6S/c1-22(2)33(40-3)36(47)42-30(18-23-10-13-26(39)14-11-23)35(46)41-29(34(45)37-43-28-8-6-7-9-32(28)51-37)19-24-16-17-44(38(24)48)21-25-12-15-27(49-4)20-31(25)50-5/h6-15,20,22,24,29-30,33-34,40,45H,16-19,21H2,1-5H3,(H,41,46)(H,42,47)/t24-,29-,30-,33-,34?/m0/s1. The number of aliphatic hydroxyl groups excluding tert-OH is 1. The highest BCUT2D eigenvalue weighted by Gasteiger charge is 2.38. The quantitative estimate of drug-likeness (QED) is 0.134. The zero-order valence-corrected chi connectivity index (χ0v) is 30.3. The number of methoxy groups -OCH3 is 2. The van der Waals surface area contributed by atoms with Gasteiger partial charge in [0.15, 0.2) is 0 Å². The Hall–Kier alpha value is -4.59. The number of carbonyl (C=O) groups excluding carboxylic acids is 3. The molecule has 4 N–H and O–H groups in total. The first kappa shape index (κ1) is 37.7. The van der Waals surface area contributed by atoms with Crippen molar-refractivity contribution in [3.8, 4) is 11.5 Å². The number of amides is 3. The molecule has 5 atom stereocenters. The van der Waals surface area contributed by atoms with Gasteiger partial charge in [-0.2, -0.15) is 0 Å². The second kappa shape index (κ2) is 17.1. The highest BCUT2D eigenvalue weighted by atomic mass is 32.1. The molecule has 11 nitrogen and oxygen atoms in total. The number of benzene rings is 3. The summed E-state index contributed by atoms with van der Waals surface area (Å²) in [6.07, 6.45) is -0.501. The van der Waals surface area contributed by atoms with Crippen LogP contribution in [0.25, 0.3) is 10.2 Å². The molecule has 1 saturated heterocycles. The van der Waals surface area contributed by atoms with E-state index < -0.39 is 41.9 Å². The van der Waals surface area contributed by atoms with E-state index in [1.165, 1.54) is 23.5 Å². The summed E-state index contributed by atoms with van der Waals surface area (Å²) in [7, 11) is 4.82. The van der Waals surface area contributed by atoms with E-state index in [0.29, 0.717) is 47.1 Å². The molecule has 272 valence electrons. The molecule has 0 saturated carbocycles. The number of aliphatic hydroxyl groups is 1. The molecule has 1 aromatic heterocycles. The maximum Gasteiger partial charge on any atom is 0.243 e. The average molecular weight is 720 g/mol. The van der Waals surface area contributed by atoms with Crippen LogP contribution in [0.4, 0.5) is 4.39 Å². The van der Waals surface area contributed by atoms with E-state index in [9.17, 15) is 23.9 Å². The van der Waals surface area contributed by atoms with Gasteiger partial charge in [0.2, 0.25) is 17.7 Å². The van der Waals surface area contributed by atoms with E-state index in [0.717, 1.165) is 10.3 Å². The van der Waals surface area contributed by atoms with Crippen molar-refractivity contribution in [3.05, 3.63) is 88.7 Å². The summed E-state index contributed by atoms with van der Waals surface area (Å²) in [6.45, 7) is 4.61. The highest BCUT2D eigenvalue weighted by molar-refractivity contribution is 7.18. The van der Waals surface area contributed by atoms with Gasteiger partial charge in [0.25, 0.3) is 0 Å². The molecule has 1 fully saturated rings. The van der Waals surface area contributed by atoms with Crippen molar-refractivity contribution in [2.75, 3.05) is 27.8 Å². The lowest BCUT2D eigenvalue weighted by atomic mass is 9.94. The van der Waals surface area contributed by atoms with E-state index in [-0.39, 0.29) is 30.6 Å². The van der Waals surface area contributed by atoms with Crippen molar-refractivity contribution in [1.82, 2.24) is 25.8 Å². The van der Waals surface area contributed by atoms with E-state index in [2.05, 4.69) is 20.9 Å². The molecule has 1 aliphatic rings. The van der Waals surface area contributed by atoms with E-state index in [1.54, 1.807) is 44.4 Å². The zero-order valence-electron chi connectivity index (χ0n) is 29.5. The Labute approximate surface area is 301 Å². The Kier molecular flexibility index (Phi) is 12.6. The smallest absolute Gasteiger partial charge is 0.243 e. The Morgan fingerprint density at radius 1 is 1.04 bits per heavy atom. The Bertz CT molecular complexity index is 1790. The van der Waals surface area contributed by atoms with Crippen LogP contribution in [0.15, 0.2) is 66.7 Å². The van der Waals surface area contributed by atoms with Gasteiger partial charge >= 0.3 is 0 Å². The third-order valence-electron chi connectivity index (χ3n) is 9.32. The molecule has 13 heteroatoms. The van der Waals surface area contributed by atoms with Crippen LogP contribution in [0.5, 0.6) is 11.5 Å². The number of carbonyl (C=O) groups is 3. The molecule has 0 aliphatic carbocycles. The number of nitrogens with one attached hydrogen (secondary N) is 3. The third kappa shape index (κ3) is 9.21. The number of aromatic nitrogens is 1. The lowest BCUT2D eigenvalue weighted by molar-refractivity contribution is -0.133. The largest absolute Gasteiger partial charge is 0.497 e. The van der Waals surface area contributed by atoms with Crippen molar-refractivity contribution in [2.45, 2.75) is 63.9 Å². The van der Waals surface area contributed by atoms with Gasteiger partial charge in [0, 0.05) is 37.1 Å². The molecule has 1 aliphatic heterocycles. The minimum absolute atomic E-state index is 0.0626. The lowest BCUT2D eigenvalue weighted by Gasteiger charge is -2.29. The van der Waals surface area contributed by atoms with Crippen LogP contribution in [-0.4, -0.2) is 78.6 Å². The van der Waals surface area contributed by atoms with Crippen molar-refractivity contribution >= 4 is 39.3 Å². The second-order valence-electron chi connectivity index (χ2n) is 13.1. The van der Waals surface area contributed by atoms with Crippen LogP contribution >= 0.6 is 11.3 Å². The fourth-order valence-electron chi connectivity index (χ4n) is 6.51. The minimum atomic E-state index is -1.24. The van der Waals surface area contributed by atoms with Gasteiger partial charge < -0.3 is 35.4 Å². The molecule has 5 rings (SSSR count). The summed E-state index contributed by atoms with van der Waals surface area (Å²) in [5, 5.41) is 21.1. The van der Waals surface area contributed by atoms with Crippen molar-refractivity contribution in [1.29, 1.82) is 0 Å². The number of rotatable bonds is 16. The summed E-state index contributed by atoms with van der Waals surface area (Å²) in [5.74, 6) is -0.740.